The molecule has 1 aliphatic heterocycles. The molecule has 132 valence electrons. The molecule has 2 bridgehead atoms. The number of nitriles is 1. The number of carbonyl (C=O) groups is 1. The van der Waals surface area contributed by atoms with E-state index in [4.69, 9.17) is 0 Å². The Balaban J connectivity index is 1.37. The molecule has 4 rings (SSSR count). The zero-order valence-electron chi connectivity index (χ0n) is 14.7. The number of fused-ring (bicyclic) bond motifs is 2. The van der Waals surface area contributed by atoms with Crippen LogP contribution >= 0.6 is 0 Å². The van der Waals surface area contributed by atoms with Crippen molar-refractivity contribution in [2.75, 3.05) is 0 Å². The summed E-state index contributed by atoms with van der Waals surface area (Å²) in [6.45, 7) is 0. The standard InChI is InChI=1S/C22H23N3O/c23-14-20(25-22(26)21-18-10-11-19(13-18)24-21)12-15-6-8-17(9-7-15)16-4-2-1-3-5-16/h1-9,18-21,24H,10-13H2,(H,25,26). The first kappa shape index (κ1) is 16.8. The van der Waals surface area contributed by atoms with Crippen molar-refractivity contribution in [1.29, 1.82) is 5.26 Å². The molecular formula is C22H23N3O. The molecule has 2 fully saturated rings. The molecule has 0 radical (unpaired) electrons. The Kier molecular flexibility index (Phi) is 4.73. The predicted molar refractivity (Wildman–Crippen MR) is 101 cm³/mol. The van der Waals surface area contributed by atoms with Crippen molar-refractivity contribution in [3.05, 3.63) is 60.2 Å². The molecule has 0 aromatic heterocycles. The van der Waals surface area contributed by atoms with Crippen LogP contribution in [0.15, 0.2) is 54.6 Å². The van der Waals surface area contributed by atoms with Gasteiger partial charge in [0, 0.05) is 12.5 Å². The molecule has 0 spiro atoms. The average molecular weight is 345 g/mol. The summed E-state index contributed by atoms with van der Waals surface area (Å²) in [5.41, 5.74) is 3.38. The monoisotopic (exact) mass is 345 g/mol. The average Bonchev–Trinajstić information content (AvgIpc) is 3.32. The molecule has 2 aromatic rings. The SMILES string of the molecule is N#CC(Cc1ccc(-c2ccccc2)cc1)NC(=O)C1NC2CCC1C2. The molecule has 2 aromatic carbocycles. The fraction of sp³-hybridized carbons (Fsp3) is 0.364. The summed E-state index contributed by atoms with van der Waals surface area (Å²) in [6.07, 6.45) is 3.91. The Morgan fingerprint density at radius 1 is 1.12 bits per heavy atom. The van der Waals surface area contributed by atoms with Gasteiger partial charge in [0.2, 0.25) is 5.91 Å². The number of benzene rings is 2. The van der Waals surface area contributed by atoms with E-state index >= 15 is 0 Å². The van der Waals surface area contributed by atoms with E-state index in [9.17, 15) is 10.1 Å². The van der Waals surface area contributed by atoms with E-state index in [1.807, 2.05) is 30.3 Å². The normalized spacial score (nSPS) is 24.8. The van der Waals surface area contributed by atoms with Crippen LogP contribution in [0, 0.1) is 17.2 Å². The highest BCUT2D eigenvalue weighted by Crippen LogP contribution is 2.35. The second-order valence-electron chi connectivity index (χ2n) is 7.37. The van der Waals surface area contributed by atoms with Gasteiger partial charge in [0.1, 0.15) is 6.04 Å². The van der Waals surface area contributed by atoms with E-state index in [0.717, 1.165) is 24.0 Å². The van der Waals surface area contributed by atoms with Crippen LogP contribution in [0.4, 0.5) is 0 Å². The van der Waals surface area contributed by atoms with E-state index in [-0.39, 0.29) is 11.9 Å². The number of hydrogen-bond donors (Lipinski definition) is 2. The molecule has 2 N–H and O–H groups in total. The third-order valence-corrected chi connectivity index (χ3v) is 5.62. The smallest absolute Gasteiger partial charge is 0.238 e. The lowest BCUT2D eigenvalue weighted by atomic mass is 9.98. The molecule has 4 nitrogen and oxygen atoms in total. The van der Waals surface area contributed by atoms with Crippen molar-refractivity contribution >= 4 is 5.91 Å². The highest BCUT2D eigenvalue weighted by atomic mass is 16.2. The Labute approximate surface area is 154 Å². The Hall–Kier alpha value is -2.64. The molecule has 2 aliphatic rings. The molecule has 1 saturated carbocycles. The van der Waals surface area contributed by atoms with Crippen LogP contribution in [0.5, 0.6) is 0 Å². The summed E-state index contributed by atoms with van der Waals surface area (Å²) in [4.78, 5) is 12.5. The van der Waals surface area contributed by atoms with Crippen molar-refractivity contribution in [3.8, 4) is 17.2 Å². The quantitative estimate of drug-likeness (QED) is 0.875. The van der Waals surface area contributed by atoms with Gasteiger partial charge < -0.3 is 10.6 Å². The lowest BCUT2D eigenvalue weighted by molar-refractivity contribution is -0.124. The van der Waals surface area contributed by atoms with Gasteiger partial charge in [0.15, 0.2) is 0 Å². The molecule has 4 heteroatoms. The van der Waals surface area contributed by atoms with Crippen molar-refractivity contribution in [3.63, 3.8) is 0 Å². The van der Waals surface area contributed by atoms with Gasteiger partial charge in [0.25, 0.3) is 0 Å². The van der Waals surface area contributed by atoms with Crippen molar-refractivity contribution < 1.29 is 4.79 Å². The maximum absolute atomic E-state index is 12.5. The number of nitrogens with one attached hydrogen (secondary N) is 2. The molecule has 26 heavy (non-hydrogen) atoms. The van der Waals surface area contributed by atoms with Crippen LogP contribution in [-0.2, 0) is 11.2 Å². The van der Waals surface area contributed by atoms with Crippen LogP contribution in [-0.4, -0.2) is 24.0 Å². The topological polar surface area (TPSA) is 64.9 Å². The molecule has 1 saturated heterocycles. The summed E-state index contributed by atoms with van der Waals surface area (Å²) in [5.74, 6) is 0.411. The molecule has 1 heterocycles. The number of piperidine rings is 1. The minimum atomic E-state index is -0.494. The molecular weight excluding hydrogens is 322 g/mol. The van der Waals surface area contributed by atoms with E-state index in [1.54, 1.807) is 0 Å². The van der Waals surface area contributed by atoms with E-state index in [2.05, 4.69) is 41.0 Å². The van der Waals surface area contributed by atoms with Crippen LogP contribution in [0.3, 0.4) is 0 Å². The number of amides is 1. The molecule has 1 amide bonds. The minimum Gasteiger partial charge on any atom is -0.339 e. The van der Waals surface area contributed by atoms with Crippen LogP contribution in [0.2, 0.25) is 0 Å². The van der Waals surface area contributed by atoms with Gasteiger partial charge >= 0.3 is 0 Å². The maximum atomic E-state index is 12.5. The Morgan fingerprint density at radius 2 is 1.85 bits per heavy atom. The number of nitrogens with zero attached hydrogens (tertiary/aromatic N) is 1. The fourth-order valence-corrected chi connectivity index (χ4v) is 4.24. The lowest BCUT2D eigenvalue weighted by Crippen LogP contribution is -2.50. The first-order valence-electron chi connectivity index (χ1n) is 9.33. The number of carbonyl (C=O) groups excluding carboxylic acids is 1. The van der Waals surface area contributed by atoms with Crippen molar-refractivity contribution in [1.82, 2.24) is 10.6 Å². The Bertz CT molecular complexity index is 810. The van der Waals surface area contributed by atoms with E-state index in [0.29, 0.717) is 18.4 Å². The molecule has 1 aliphatic carbocycles. The summed E-state index contributed by atoms with van der Waals surface area (Å²) < 4.78 is 0. The van der Waals surface area contributed by atoms with Crippen molar-refractivity contribution in [2.45, 2.75) is 43.8 Å². The van der Waals surface area contributed by atoms with Gasteiger partial charge in [-0.15, -0.1) is 0 Å². The molecule has 4 atom stereocenters. The van der Waals surface area contributed by atoms with Gasteiger partial charge in [-0.1, -0.05) is 54.6 Å². The van der Waals surface area contributed by atoms with Gasteiger partial charge in [0.05, 0.1) is 12.1 Å². The predicted octanol–water partition coefficient (Wildman–Crippen LogP) is 3.04. The zero-order valence-corrected chi connectivity index (χ0v) is 14.7. The minimum absolute atomic E-state index is 0.0235. The van der Waals surface area contributed by atoms with Crippen molar-refractivity contribution in [2.24, 2.45) is 5.92 Å². The first-order valence-corrected chi connectivity index (χ1v) is 9.33. The molecule has 4 unspecified atom stereocenters. The third kappa shape index (κ3) is 3.49. The van der Waals surface area contributed by atoms with Gasteiger partial charge in [-0.05, 0) is 41.9 Å². The summed E-state index contributed by atoms with van der Waals surface area (Å²) in [7, 11) is 0. The van der Waals surface area contributed by atoms with Gasteiger partial charge in [-0.3, -0.25) is 4.79 Å². The van der Waals surface area contributed by atoms with Crippen LogP contribution in [0.1, 0.15) is 24.8 Å². The largest absolute Gasteiger partial charge is 0.339 e. The second-order valence-corrected chi connectivity index (χ2v) is 7.37. The third-order valence-electron chi connectivity index (χ3n) is 5.62. The summed E-state index contributed by atoms with van der Waals surface area (Å²) >= 11 is 0. The summed E-state index contributed by atoms with van der Waals surface area (Å²) in [5, 5.41) is 15.8. The van der Waals surface area contributed by atoms with Crippen LogP contribution < -0.4 is 10.6 Å². The maximum Gasteiger partial charge on any atom is 0.238 e. The highest BCUT2D eigenvalue weighted by Gasteiger charge is 2.42. The lowest BCUT2D eigenvalue weighted by Gasteiger charge is -2.23. The number of rotatable bonds is 5. The highest BCUT2D eigenvalue weighted by molar-refractivity contribution is 5.83. The van der Waals surface area contributed by atoms with E-state index in [1.165, 1.54) is 12.0 Å². The first-order chi connectivity index (χ1) is 12.7. The fourth-order valence-electron chi connectivity index (χ4n) is 4.24. The Morgan fingerprint density at radius 3 is 2.46 bits per heavy atom. The van der Waals surface area contributed by atoms with Gasteiger partial charge in [-0.2, -0.15) is 5.26 Å². The zero-order chi connectivity index (χ0) is 17.9. The van der Waals surface area contributed by atoms with Crippen LogP contribution in [0.25, 0.3) is 11.1 Å². The summed E-state index contributed by atoms with van der Waals surface area (Å²) in [6, 6.07) is 20.5. The van der Waals surface area contributed by atoms with Gasteiger partial charge in [-0.25, -0.2) is 0 Å². The second kappa shape index (κ2) is 7.31. The number of hydrogen-bond acceptors (Lipinski definition) is 3. The van der Waals surface area contributed by atoms with E-state index < -0.39 is 6.04 Å².